The summed E-state index contributed by atoms with van der Waals surface area (Å²) in [5, 5.41) is 0. The van der Waals surface area contributed by atoms with Crippen molar-refractivity contribution >= 4 is 17.6 Å². The average molecular weight is 137 g/mol. The third-order valence-electron chi connectivity index (χ3n) is 0.946. The van der Waals surface area contributed by atoms with Crippen LogP contribution in [0.15, 0.2) is 34.3 Å². The Balaban J connectivity index is 2.78. The molecule has 0 aromatic carbocycles. The third-order valence-corrected chi connectivity index (χ3v) is 1.69. The van der Waals surface area contributed by atoms with Gasteiger partial charge < -0.3 is 0 Å². The highest BCUT2D eigenvalue weighted by Crippen LogP contribution is 2.13. The van der Waals surface area contributed by atoms with Crippen LogP contribution in [0, 0.1) is 0 Å². The van der Waals surface area contributed by atoms with E-state index >= 15 is 0 Å². The molecule has 1 rings (SSSR count). The van der Waals surface area contributed by atoms with Gasteiger partial charge in [-0.25, -0.2) is 4.99 Å². The number of hydrogen-bond donors (Lipinski definition) is 0. The number of rotatable bonds is 1. The fourth-order valence-electron chi connectivity index (χ4n) is 0.508. The van der Waals surface area contributed by atoms with Crippen molar-refractivity contribution in [3.63, 3.8) is 0 Å². The van der Waals surface area contributed by atoms with E-state index in [9.17, 15) is 0 Å². The lowest BCUT2D eigenvalue weighted by Gasteiger charge is -1.88. The monoisotopic (exact) mass is 137 g/mol. The largest absolute Gasteiger partial charge is 0.214 e. The van der Waals surface area contributed by atoms with Gasteiger partial charge >= 0.3 is 0 Å². The molecule has 0 spiro atoms. The van der Waals surface area contributed by atoms with E-state index in [1.54, 1.807) is 18.0 Å². The van der Waals surface area contributed by atoms with Crippen molar-refractivity contribution in [1.82, 2.24) is 0 Å². The number of aliphatic imine (C=N–C) groups is 1. The van der Waals surface area contributed by atoms with Gasteiger partial charge in [0.1, 0.15) is 0 Å². The van der Waals surface area contributed by atoms with Crippen LogP contribution in [0.4, 0.5) is 0 Å². The van der Waals surface area contributed by atoms with E-state index < -0.39 is 0 Å². The Labute approximate surface area is 58.9 Å². The fraction of sp³-hybridized carbons (Fsp3) is 0.143. The van der Waals surface area contributed by atoms with Crippen LogP contribution in [-0.4, -0.2) is 12.1 Å². The molecule has 1 nitrogen and oxygen atoms in total. The van der Waals surface area contributed by atoms with E-state index in [4.69, 9.17) is 0 Å². The molecule has 0 aromatic heterocycles. The molecule has 0 amide bonds. The van der Waals surface area contributed by atoms with Gasteiger partial charge in [-0.15, -0.1) is 11.8 Å². The molecule has 1 aliphatic heterocycles. The molecule has 46 valence electrons. The first kappa shape index (κ1) is 6.40. The van der Waals surface area contributed by atoms with Gasteiger partial charge in [-0.3, -0.25) is 0 Å². The lowest BCUT2D eigenvalue weighted by molar-refractivity contribution is 1.61. The number of thioether (sulfide) groups is 1. The minimum atomic E-state index is 1.21. The first-order chi connectivity index (χ1) is 4.43. The number of allylic oxidation sites excluding steroid dienone is 3. The van der Waals surface area contributed by atoms with E-state index in [-0.39, 0.29) is 0 Å². The maximum Gasteiger partial charge on any atom is 0.0379 e. The van der Waals surface area contributed by atoms with Crippen molar-refractivity contribution in [2.24, 2.45) is 4.99 Å². The zero-order valence-corrected chi connectivity index (χ0v) is 5.98. The number of nitrogens with zero attached hydrogens (tertiary/aromatic N) is 1. The van der Waals surface area contributed by atoms with Crippen molar-refractivity contribution in [2.45, 2.75) is 0 Å². The van der Waals surface area contributed by atoms with Gasteiger partial charge in [0.15, 0.2) is 0 Å². The van der Waals surface area contributed by atoms with Crippen molar-refractivity contribution in [1.29, 1.82) is 0 Å². The average Bonchev–Trinajstić information content (AvgIpc) is 2.13. The highest BCUT2D eigenvalue weighted by molar-refractivity contribution is 8.02. The summed E-state index contributed by atoms with van der Waals surface area (Å²) in [6.07, 6.45) is 9.53. The zero-order chi connectivity index (χ0) is 6.53. The molecule has 0 bridgehead atoms. The molecule has 0 atom stereocenters. The lowest BCUT2D eigenvalue weighted by Crippen LogP contribution is -1.63. The summed E-state index contributed by atoms with van der Waals surface area (Å²) < 4.78 is 0. The van der Waals surface area contributed by atoms with Gasteiger partial charge in [0.05, 0.1) is 0 Å². The van der Waals surface area contributed by atoms with Gasteiger partial charge in [0.25, 0.3) is 0 Å². The Kier molecular flexibility index (Phi) is 2.37. The molecule has 1 aliphatic rings. The summed E-state index contributed by atoms with van der Waals surface area (Å²) in [5.41, 5.74) is 0. The standard InChI is InChI=1S/C7H7NS/c1-9-7-3-2-5-8-6-4-7/h2-4,6H,1H3. The van der Waals surface area contributed by atoms with Crippen LogP contribution < -0.4 is 0 Å². The molecule has 0 aromatic rings. The van der Waals surface area contributed by atoms with Crippen molar-refractivity contribution in [2.75, 3.05) is 6.26 Å². The van der Waals surface area contributed by atoms with Crippen LogP contribution in [0.2, 0.25) is 0 Å². The molecule has 0 radical (unpaired) electrons. The van der Waals surface area contributed by atoms with Crippen LogP contribution >= 0.6 is 11.8 Å². The molecule has 0 N–H and O–H groups in total. The quantitative estimate of drug-likeness (QED) is 0.538. The minimum Gasteiger partial charge on any atom is -0.214 e. The minimum absolute atomic E-state index is 1.21. The Morgan fingerprint density at radius 1 is 1.67 bits per heavy atom. The zero-order valence-electron chi connectivity index (χ0n) is 5.16. The van der Waals surface area contributed by atoms with Gasteiger partial charge in [-0.1, -0.05) is 0 Å². The SMILES string of the molecule is CSC1=CC=C=NC=C1. The van der Waals surface area contributed by atoms with Gasteiger partial charge in [-0.2, -0.15) is 0 Å². The Morgan fingerprint density at radius 3 is 3.33 bits per heavy atom. The lowest BCUT2D eigenvalue weighted by atomic mass is 10.5. The maximum atomic E-state index is 3.82. The molecular weight excluding hydrogens is 130 g/mol. The maximum absolute atomic E-state index is 3.82. The van der Waals surface area contributed by atoms with Gasteiger partial charge in [0.2, 0.25) is 0 Å². The Bertz CT molecular complexity index is 207. The van der Waals surface area contributed by atoms with Crippen LogP contribution in [0.3, 0.4) is 0 Å². The molecule has 0 saturated carbocycles. The van der Waals surface area contributed by atoms with Crippen LogP contribution in [0.25, 0.3) is 0 Å². The summed E-state index contributed by atoms with van der Waals surface area (Å²) >= 11 is 1.70. The van der Waals surface area contributed by atoms with Gasteiger partial charge in [-0.05, 0) is 24.3 Å². The Hall–Kier alpha value is -0.720. The highest BCUT2D eigenvalue weighted by Gasteiger charge is 1.85. The van der Waals surface area contributed by atoms with E-state index in [2.05, 4.69) is 10.9 Å². The first-order valence-corrected chi connectivity index (χ1v) is 3.85. The number of hydrogen-bond acceptors (Lipinski definition) is 2. The van der Waals surface area contributed by atoms with E-state index in [1.165, 1.54) is 4.91 Å². The molecule has 2 heteroatoms. The predicted octanol–water partition coefficient (Wildman–Crippen LogP) is 1.99. The topological polar surface area (TPSA) is 12.4 Å². The Morgan fingerprint density at radius 2 is 2.56 bits per heavy atom. The van der Waals surface area contributed by atoms with Crippen molar-refractivity contribution in [3.05, 3.63) is 29.3 Å². The summed E-state index contributed by atoms with van der Waals surface area (Å²) in [7, 11) is 0. The van der Waals surface area contributed by atoms with Crippen LogP contribution in [0.1, 0.15) is 0 Å². The summed E-state index contributed by atoms with van der Waals surface area (Å²) in [6, 6.07) is 0. The summed E-state index contributed by atoms with van der Waals surface area (Å²) in [4.78, 5) is 5.03. The molecule has 1 heterocycles. The summed E-state index contributed by atoms with van der Waals surface area (Å²) in [6.45, 7) is 0. The molecule has 0 saturated heterocycles. The third kappa shape index (κ3) is 1.92. The fourth-order valence-corrected chi connectivity index (χ4v) is 0.909. The molecule has 0 unspecified atom stereocenters. The first-order valence-electron chi connectivity index (χ1n) is 2.63. The second kappa shape index (κ2) is 3.33. The highest BCUT2D eigenvalue weighted by atomic mass is 32.2. The van der Waals surface area contributed by atoms with E-state index in [1.807, 2.05) is 24.5 Å². The molecule has 0 aliphatic carbocycles. The van der Waals surface area contributed by atoms with E-state index in [0.29, 0.717) is 0 Å². The second-order valence-corrected chi connectivity index (χ2v) is 2.39. The predicted molar refractivity (Wildman–Crippen MR) is 42.7 cm³/mol. The smallest absolute Gasteiger partial charge is 0.0379 e. The van der Waals surface area contributed by atoms with Crippen molar-refractivity contribution < 1.29 is 0 Å². The molecule has 0 fully saturated rings. The molecule has 9 heavy (non-hydrogen) atoms. The normalized spacial score (nSPS) is 15.4. The van der Waals surface area contributed by atoms with E-state index in [0.717, 1.165) is 0 Å². The van der Waals surface area contributed by atoms with Gasteiger partial charge in [0, 0.05) is 17.2 Å². The second-order valence-electron chi connectivity index (χ2n) is 1.51. The van der Waals surface area contributed by atoms with Crippen LogP contribution in [-0.2, 0) is 0 Å². The van der Waals surface area contributed by atoms with Crippen molar-refractivity contribution in [3.8, 4) is 0 Å². The van der Waals surface area contributed by atoms with Crippen LogP contribution in [0.5, 0.6) is 0 Å². The summed E-state index contributed by atoms with van der Waals surface area (Å²) in [5.74, 6) is 2.74. The molecular formula is C7H7NS.